The van der Waals surface area contributed by atoms with Gasteiger partial charge in [-0.15, -0.1) is 0 Å². The van der Waals surface area contributed by atoms with Gasteiger partial charge in [0.05, 0.1) is 29.2 Å². The number of anilines is 3. The van der Waals surface area contributed by atoms with E-state index in [-0.39, 0.29) is 11.7 Å². The first-order chi connectivity index (χ1) is 18.3. The van der Waals surface area contributed by atoms with Crippen LogP contribution in [0.4, 0.5) is 22.7 Å². The molecule has 0 aliphatic carbocycles. The van der Waals surface area contributed by atoms with Crippen molar-refractivity contribution in [3.05, 3.63) is 76.2 Å². The summed E-state index contributed by atoms with van der Waals surface area (Å²) >= 11 is 2.94. The summed E-state index contributed by atoms with van der Waals surface area (Å²) in [5.41, 5.74) is 4.65. The van der Waals surface area contributed by atoms with Crippen LogP contribution < -0.4 is 19.4 Å². The highest BCUT2D eigenvalue weighted by atomic mass is 32.2. The molecule has 0 atom stereocenters. The molecule has 3 aromatic carbocycles. The maximum atomic E-state index is 13.9. The summed E-state index contributed by atoms with van der Waals surface area (Å²) in [6.07, 6.45) is 0. The van der Waals surface area contributed by atoms with Crippen LogP contribution in [0.3, 0.4) is 0 Å². The minimum Gasteiger partial charge on any atom is -0.508 e. The van der Waals surface area contributed by atoms with E-state index in [0.29, 0.717) is 15.8 Å². The Hall–Kier alpha value is -3.56. The van der Waals surface area contributed by atoms with Gasteiger partial charge in [0.2, 0.25) is 0 Å². The van der Waals surface area contributed by atoms with Crippen molar-refractivity contribution in [2.45, 2.75) is 25.7 Å². The Balaban J connectivity index is 1.58. The van der Waals surface area contributed by atoms with Crippen molar-refractivity contribution < 1.29 is 14.6 Å². The molecule has 0 radical (unpaired) electrons. The third-order valence-electron chi connectivity index (χ3n) is 6.65. The van der Waals surface area contributed by atoms with E-state index in [1.807, 2.05) is 43.1 Å². The molecule has 1 N–H and O–H groups in total. The normalized spacial score (nSPS) is 17.9. The Morgan fingerprint density at radius 1 is 1.00 bits per heavy atom. The van der Waals surface area contributed by atoms with Crippen molar-refractivity contribution in [2.24, 2.45) is 4.99 Å². The molecular weight excluding hydrogens is 516 g/mol. The summed E-state index contributed by atoms with van der Waals surface area (Å²) in [6.45, 7) is 8.19. The molecule has 1 fully saturated rings. The average molecular weight is 547 g/mol. The van der Waals surface area contributed by atoms with Crippen molar-refractivity contribution in [1.82, 2.24) is 0 Å². The van der Waals surface area contributed by atoms with Gasteiger partial charge in [0.15, 0.2) is 5.17 Å². The molecule has 196 valence electrons. The van der Waals surface area contributed by atoms with Gasteiger partial charge in [-0.25, -0.2) is 4.99 Å². The van der Waals surface area contributed by atoms with E-state index in [0.717, 1.165) is 51.4 Å². The van der Waals surface area contributed by atoms with Crippen LogP contribution in [0.15, 0.2) is 80.5 Å². The predicted octanol–water partition coefficient (Wildman–Crippen LogP) is 6.73. The molecular formula is C29H30N4O3S2. The zero-order valence-corrected chi connectivity index (χ0v) is 23.7. The maximum absolute atomic E-state index is 13.9. The van der Waals surface area contributed by atoms with Crippen LogP contribution in [0.5, 0.6) is 11.5 Å². The predicted molar refractivity (Wildman–Crippen MR) is 159 cm³/mol. The number of nitrogens with zero attached hydrogens (tertiary/aromatic N) is 4. The van der Waals surface area contributed by atoms with E-state index in [2.05, 4.69) is 30.9 Å². The Morgan fingerprint density at radius 2 is 1.74 bits per heavy atom. The number of carbonyl (C=O) groups excluding carboxylic acids is 1. The first kappa shape index (κ1) is 26.1. The standard InChI is InChI=1S/C29H30N4O3S2/c1-6-32(7-2)20-10-14-23(18(3)16-20)30-29-33(19-8-11-21(34)12-9-19)27(35)26(38-29)28-31(4)24-17-22(36-5)13-15-25(24)37-28/h8-17,34H,6-7H2,1-5H3/b28-26-,30-29?. The maximum Gasteiger partial charge on any atom is 0.274 e. The lowest BCUT2D eigenvalue weighted by molar-refractivity contribution is -0.113. The van der Waals surface area contributed by atoms with Gasteiger partial charge in [-0.3, -0.25) is 9.69 Å². The third-order valence-corrected chi connectivity index (χ3v) is 9.04. The second-order valence-corrected chi connectivity index (χ2v) is 10.9. The van der Waals surface area contributed by atoms with E-state index in [9.17, 15) is 9.90 Å². The summed E-state index contributed by atoms with van der Waals surface area (Å²) in [5.74, 6) is 0.763. The van der Waals surface area contributed by atoms with Crippen LogP contribution in [0.25, 0.3) is 0 Å². The molecule has 0 spiro atoms. The van der Waals surface area contributed by atoms with Gasteiger partial charge in [-0.2, -0.15) is 0 Å². The molecule has 3 aromatic rings. The number of benzene rings is 3. The van der Waals surface area contributed by atoms with Gasteiger partial charge in [-0.05, 0) is 92.7 Å². The fraction of sp³-hybridized carbons (Fsp3) is 0.241. The van der Waals surface area contributed by atoms with Crippen molar-refractivity contribution in [1.29, 1.82) is 0 Å². The quantitative estimate of drug-likeness (QED) is 0.344. The second kappa shape index (κ2) is 10.7. The number of aliphatic imine (C=N–C) groups is 1. The lowest BCUT2D eigenvalue weighted by Crippen LogP contribution is -2.29. The highest BCUT2D eigenvalue weighted by Crippen LogP contribution is 2.51. The smallest absolute Gasteiger partial charge is 0.274 e. The van der Waals surface area contributed by atoms with E-state index in [4.69, 9.17) is 9.73 Å². The minimum absolute atomic E-state index is 0.142. The van der Waals surface area contributed by atoms with Crippen molar-refractivity contribution in [3.8, 4) is 11.5 Å². The van der Waals surface area contributed by atoms with Crippen LogP contribution in [0, 0.1) is 6.92 Å². The molecule has 2 aliphatic rings. The molecule has 7 nitrogen and oxygen atoms in total. The zero-order valence-electron chi connectivity index (χ0n) is 22.1. The molecule has 0 unspecified atom stereocenters. The largest absolute Gasteiger partial charge is 0.508 e. The third kappa shape index (κ3) is 4.72. The van der Waals surface area contributed by atoms with Gasteiger partial charge in [-0.1, -0.05) is 11.8 Å². The molecule has 0 aromatic heterocycles. The molecule has 1 amide bonds. The lowest BCUT2D eigenvalue weighted by atomic mass is 10.1. The monoisotopic (exact) mass is 546 g/mol. The summed E-state index contributed by atoms with van der Waals surface area (Å²) in [6, 6.07) is 18.8. The number of methoxy groups -OCH3 is 1. The topological polar surface area (TPSA) is 68.6 Å². The number of amidine groups is 1. The number of carbonyl (C=O) groups is 1. The number of hydrogen-bond acceptors (Lipinski definition) is 8. The summed E-state index contributed by atoms with van der Waals surface area (Å²) in [4.78, 5) is 26.5. The highest BCUT2D eigenvalue weighted by molar-refractivity contribution is 8.20. The van der Waals surface area contributed by atoms with E-state index in [1.54, 1.807) is 48.0 Å². The average Bonchev–Trinajstić information content (AvgIpc) is 3.42. The number of amides is 1. The fourth-order valence-corrected chi connectivity index (χ4v) is 6.83. The van der Waals surface area contributed by atoms with Crippen molar-refractivity contribution in [3.63, 3.8) is 0 Å². The van der Waals surface area contributed by atoms with Gasteiger partial charge in [0.25, 0.3) is 5.91 Å². The number of phenols is 1. The SMILES string of the molecule is CCN(CC)c1ccc(N=C2S/C(=C3\Sc4ccc(OC)cc4N3C)C(=O)N2c2ccc(O)cc2)c(C)c1. The number of rotatable bonds is 6. The first-order valence-electron chi connectivity index (χ1n) is 12.4. The summed E-state index contributed by atoms with van der Waals surface area (Å²) in [7, 11) is 3.61. The molecule has 0 saturated carbocycles. The van der Waals surface area contributed by atoms with E-state index < -0.39 is 0 Å². The van der Waals surface area contributed by atoms with Crippen LogP contribution in [0.1, 0.15) is 19.4 Å². The summed E-state index contributed by atoms with van der Waals surface area (Å²) < 4.78 is 5.41. The second-order valence-electron chi connectivity index (χ2n) is 8.93. The molecule has 38 heavy (non-hydrogen) atoms. The molecule has 9 heteroatoms. The molecule has 2 aliphatic heterocycles. The lowest BCUT2D eigenvalue weighted by Gasteiger charge is -2.22. The van der Waals surface area contributed by atoms with Crippen LogP contribution in [-0.2, 0) is 4.79 Å². The van der Waals surface area contributed by atoms with Crippen LogP contribution in [0.2, 0.25) is 0 Å². The first-order valence-corrected chi connectivity index (χ1v) is 14.1. The highest BCUT2D eigenvalue weighted by Gasteiger charge is 2.40. The van der Waals surface area contributed by atoms with E-state index in [1.165, 1.54) is 11.8 Å². The van der Waals surface area contributed by atoms with Crippen LogP contribution >= 0.6 is 23.5 Å². The van der Waals surface area contributed by atoms with Gasteiger partial charge < -0.3 is 19.6 Å². The number of phenolic OH excluding ortho intramolecular Hbond substituents is 1. The fourth-order valence-electron chi connectivity index (χ4n) is 4.51. The molecule has 5 rings (SSSR count). The summed E-state index contributed by atoms with van der Waals surface area (Å²) in [5, 5.41) is 11.3. The van der Waals surface area contributed by atoms with Crippen molar-refractivity contribution >= 4 is 57.3 Å². The number of aromatic hydroxyl groups is 1. The number of ether oxygens (including phenoxy) is 1. The number of thioether (sulfide) groups is 2. The number of hydrogen-bond donors (Lipinski definition) is 1. The van der Waals surface area contributed by atoms with E-state index >= 15 is 0 Å². The Labute approximate surface area is 231 Å². The van der Waals surface area contributed by atoms with Crippen LogP contribution in [-0.4, -0.2) is 43.4 Å². The Kier molecular flexibility index (Phi) is 7.32. The molecule has 0 bridgehead atoms. The Morgan fingerprint density at radius 3 is 2.39 bits per heavy atom. The molecule has 2 heterocycles. The minimum atomic E-state index is -0.147. The van der Waals surface area contributed by atoms with Crippen molar-refractivity contribution in [2.75, 3.05) is 41.9 Å². The Bertz CT molecular complexity index is 1450. The van der Waals surface area contributed by atoms with Gasteiger partial charge in [0.1, 0.15) is 16.4 Å². The number of aryl methyl sites for hydroxylation is 1. The van der Waals surface area contributed by atoms with Gasteiger partial charge in [0, 0.05) is 36.8 Å². The van der Waals surface area contributed by atoms with Gasteiger partial charge >= 0.3 is 0 Å². The molecule has 1 saturated heterocycles. The zero-order chi connectivity index (χ0) is 27.0. The number of fused-ring (bicyclic) bond motifs is 1.